The Labute approximate surface area is 174 Å². The van der Waals surface area contributed by atoms with Gasteiger partial charge in [0.2, 0.25) is 5.52 Å². The lowest BCUT2D eigenvalue weighted by molar-refractivity contribution is -0.667. The number of fused-ring (bicyclic) bond motifs is 2. The van der Waals surface area contributed by atoms with Crippen LogP contribution in [0.1, 0.15) is 12.5 Å². The summed E-state index contributed by atoms with van der Waals surface area (Å²) >= 11 is 7.94. The van der Waals surface area contributed by atoms with Gasteiger partial charge in [0.15, 0.2) is 6.20 Å². The quantitative estimate of drug-likeness (QED) is 0.582. The highest BCUT2D eigenvalue weighted by Gasteiger charge is 2.23. The number of aliphatic hydroxyl groups excluding tert-OH is 1. The number of nitrogens with zero attached hydrogens (tertiary/aromatic N) is 2. The number of rotatable bonds is 5. The molecule has 4 rings (SSSR count). The van der Waals surface area contributed by atoms with Crippen molar-refractivity contribution in [1.29, 1.82) is 0 Å². The van der Waals surface area contributed by atoms with E-state index < -0.39 is 0 Å². The van der Waals surface area contributed by atoms with Gasteiger partial charge in [-0.2, -0.15) is 4.57 Å². The molecule has 1 aliphatic heterocycles. The molecule has 2 heterocycles. The fourth-order valence-corrected chi connectivity index (χ4v) is 4.76. The van der Waals surface area contributed by atoms with E-state index in [9.17, 15) is 5.11 Å². The van der Waals surface area contributed by atoms with Gasteiger partial charge in [-0.25, -0.2) is 0 Å². The van der Waals surface area contributed by atoms with Crippen LogP contribution in [0.5, 0.6) is 0 Å². The van der Waals surface area contributed by atoms with E-state index in [1.165, 1.54) is 10.3 Å². The normalized spacial score (nSPS) is 15.1. The molecule has 28 heavy (non-hydrogen) atoms. The molecule has 1 aliphatic rings. The van der Waals surface area contributed by atoms with Crippen LogP contribution in [0.15, 0.2) is 76.8 Å². The lowest BCUT2D eigenvalue weighted by Crippen LogP contribution is -2.32. The number of β-amino-alcohol motifs (C(OH)–C–C–N with tert-alkyl or cyclic N) is 1. The molecule has 1 N–H and O–H groups in total. The third-order valence-corrected chi connectivity index (χ3v) is 6.20. The maximum Gasteiger partial charge on any atom is 0.214 e. The average Bonchev–Trinajstić information content (AvgIpc) is 3.06. The molecule has 3 aromatic rings. The van der Waals surface area contributed by atoms with E-state index in [-0.39, 0.29) is 6.61 Å². The first-order valence-corrected chi connectivity index (χ1v) is 10.6. The fraction of sp³-hybridized carbons (Fsp3) is 0.174. The van der Waals surface area contributed by atoms with Crippen LogP contribution in [0, 0.1) is 0 Å². The van der Waals surface area contributed by atoms with Crippen LogP contribution in [0.3, 0.4) is 0 Å². The maximum absolute atomic E-state index is 9.45. The van der Waals surface area contributed by atoms with Crippen molar-refractivity contribution in [1.82, 2.24) is 0 Å². The number of aromatic nitrogens is 1. The molecule has 0 radical (unpaired) electrons. The smallest absolute Gasteiger partial charge is 0.214 e. The monoisotopic (exact) mass is 409 g/mol. The molecular weight excluding hydrogens is 388 g/mol. The molecule has 0 atom stereocenters. The van der Waals surface area contributed by atoms with Crippen LogP contribution in [0.4, 0.5) is 5.69 Å². The van der Waals surface area contributed by atoms with E-state index in [0.29, 0.717) is 6.54 Å². The molecule has 0 amide bonds. The minimum atomic E-state index is 0.122. The summed E-state index contributed by atoms with van der Waals surface area (Å²) in [6.07, 6.45) is 8.43. The van der Waals surface area contributed by atoms with Crippen molar-refractivity contribution in [3.8, 4) is 0 Å². The highest BCUT2D eigenvalue weighted by molar-refractivity contribution is 8.03. The fourth-order valence-electron chi connectivity index (χ4n) is 3.49. The van der Waals surface area contributed by atoms with Crippen molar-refractivity contribution in [2.24, 2.45) is 0 Å². The number of pyridine rings is 1. The third kappa shape index (κ3) is 3.68. The van der Waals surface area contributed by atoms with E-state index in [2.05, 4.69) is 65.1 Å². The highest BCUT2D eigenvalue weighted by Crippen LogP contribution is 2.45. The third-order valence-electron chi connectivity index (χ3n) is 4.83. The molecule has 0 spiro atoms. The second-order valence-corrected chi connectivity index (χ2v) is 8.03. The summed E-state index contributed by atoms with van der Waals surface area (Å²) in [6.45, 7) is 3.74. The lowest BCUT2D eigenvalue weighted by atomic mass is 10.1. The predicted octanol–water partition coefficient (Wildman–Crippen LogP) is 5.26. The van der Waals surface area contributed by atoms with E-state index in [1.807, 2.05) is 24.3 Å². The molecule has 142 valence electrons. The van der Waals surface area contributed by atoms with Gasteiger partial charge in [-0.3, -0.25) is 0 Å². The van der Waals surface area contributed by atoms with Crippen LogP contribution >= 0.6 is 23.4 Å². The van der Waals surface area contributed by atoms with Crippen LogP contribution in [0.2, 0.25) is 5.02 Å². The molecule has 0 saturated carbocycles. The Bertz CT molecular complexity index is 1080. The number of benzene rings is 2. The van der Waals surface area contributed by atoms with Gasteiger partial charge in [-0.15, -0.1) is 0 Å². The Morgan fingerprint density at radius 3 is 2.86 bits per heavy atom. The molecule has 3 nitrogen and oxygen atoms in total. The van der Waals surface area contributed by atoms with E-state index in [1.54, 1.807) is 11.8 Å². The van der Waals surface area contributed by atoms with Crippen LogP contribution < -0.4 is 9.47 Å². The zero-order valence-corrected chi connectivity index (χ0v) is 17.2. The van der Waals surface area contributed by atoms with Gasteiger partial charge in [0.05, 0.1) is 22.7 Å². The van der Waals surface area contributed by atoms with Gasteiger partial charge in [-0.05, 0) is 42.8 Å². The van der Waals surface area contributed by atoms with Gasteiger partial charge in [0.25, 0.3) is 0 Å². The second kappa shape index (κ2) is 8.39. The summed E-state index contributed by atoms with van der Waals surface area (Å²) in [5.74, 6) is 0. The van der Waals surface area contributed by atoms with Crippen LogP contribution in [-0.4, -0.2) is 18.3 Å². The lowest BCUT2D eigenvalue weighted by Gasteiger charge is -2.18. The molecule has 1 aromatic heterocycles. The number of aliphatic hydroxyl groups is 1. The predicted molar refractivity (Wildman–Crippen MR) is 119 cm³/mol. The zero-order chi connectivity index (χ0) is 19.5. The average molecular weight is 410 g/mol. The number of anilines is 1. The van der Waals surface area contributed by atoms with Gasteiger partial charge in [0.1, 0.15) is 6.54 Å². The van der Waals surface area contributed by atoms with Gasteiger partial charge >= 0.3 is 0 Å². The van der Waals surface area contributed by atoms with E-state index in [0.717, 1.165) is 33.4 Å². The first-order valence-electron chi connectivity index (χ1n) is 9.36. The van der Waals surface area contributed by atoms with Gasteiger partial charge < -0.3 is 10.0 Å². The van der Waals surface area contributed by atoms with Crippen LogP contribution in [-0.2, 0) is 6.54 Å². The number of para-hydroxylation sites is 1. The molecule has 5 heteroatoms. The topological polar surface area (TPSA) is 27.4 Å². The molecule has 0 aliphatic carbocycles. The SMILES string of the molecule is CC[n+]1ccc(/C=C/C=C2\Sc3ccccc3N2CCO)c2ccc(Cl)cc21. The molecule has 0 saturated heterocycles. The standard InChI is InChI=1S/C23H22ClN2OS/c1-2-25-13-12-17(19-11-10-18(24)16-21(19)25)6-5-9-23-26(14-15-27)20-7-3-4-8-22(20)28-23/h3-13,16,27H,2,14-15H2,1H3/q+1. The Morgan fingerprint density at radius 2 is 2.04 bits per heavy atom. The number of hydrogen-bond donors (Lipinski definition) is 1. The zero-order valence-electron chi connectivity index (χ0n) is 15.7. The van der Waals surface area contributed by atoms with Crippen molar-refractivity contribution in [3.05, 3.63) is 82.5 Å². The van der Waals surface area contributed by atoms with Crippen molar-refractivity contribution in [2.45, 2.75) is 18.4 Å². The van der Waals surface area contributed by atoms with Crippen LogP contribution in [0.25, 0.3) is 17.0 Å². The number of aryl methyl sites for hydroxylation is 1. The van der Waals surface area contributed by atoms with Gasteiger partial charge in [0, 0.05) is 28.6 Å². The summed E-state index contributed by atoms with van der Waals surface area (Å²) in [5.41, 5.74) is 3.45. The molecule has 0 bridgehead atoms. The number of thioether (sulfide) groups is 1. The summed E-state index contributed by atoms with van der Waals surface area (Å²) in [6, 6.07) is 16.5. The minimum Gasteiger partial charge on any atom is -0.395 e. The molecular formula is C23H22ClN2OS+. The van der Waals surface area contributed by atoms with E-state index >= 15 is 0 Å². The minimum absolute atomic E-state index is 0.122. The van der Waals surface area contributed by atoms with Crippen molar-refractivity contribution < 1.29 is 9.67 Å². The highest BCUT2D eigenvalue weighted by atomic mass is 35.5. The van der Waals surface area contributed by atoms with Gasteiger partial charge in [-0.1, -0.05) is 47.6 Å². The number of allylic oxidation sites excluding steroid dienone is 2. The summed E-state index contributed by atoms with van der Waals surface area (Å²) in [4.78, 5) is 3.39. The number of hydrogen-bond acceptors (Lipinski definition) is 3. The van der Waals surface area contributed by atoms with Crippen molar-refractivity contribution in [2.75, 3.05) is 18.1 Å². The second-order valence-electron chi connectivity index (χ2n) is 6.53. The maximum atomic E-state index is 9.45. The van der Waals surface area contributed by atoms with Crippen molar-refractivity contribution >= 4 is 46.0 Å². The molecule has 0 fully saturated rings. The van der Waals surface area contributed by atoms with E-state index in [4.69, 9.17) is 11.6 Å². The summed E-state index contributed by atoms with van der Waals surface area (Å²) in [7, 11) is 0. The Morgan fingerprint density at radius 1 is 1.18 bits per heavy atom. The first-order chi connectivity index (χ1) is 13.7. The Balaban J connectivity index is 1.67. The molecule has 0 unspecified atom stereocenters. The largest absolute Gasteiger partial charge is 0.395 e. The Kier molecular flexibility index (Phi) is 5.72. The summed E-state index contributed by atoms with van der Waals surface area (Å²) < 4.78 is 2.20. The summed E-state index contributed by atoms with van der Waals surface area (Å²) in [5, 5.41) is 12.5. The first kappa shape index (κ1) is 19.1. The Hall–Kier alpha value is -2.27. The molecule has 2 aromatic carbocycles. The number of halogens is 1. The van der Waals surface area contributed by atoms with Crippen molar-refractivity contribution in [3.63, 3.8) is 0 Å².